The van der Waals surface area contributed by atoms with Gasteiger partial charge in [-0.1, -0.05) is 12.1 Å². The molecule has 7 nitrogen and oxygen atoms in total. The van der Waals surface area contributed by atoms with Crippen molar-refractivity contribution in [1.29, 1.82) is 0 Å². The van der Waals surface area contributed by atoms with E-state index in [1.165, 1.54) is 0 Å². The molecule has 0 bridgehead atoms. The molecule has 0 radical (unpaired) electrons. The summed E-state index contributed by atoms with van der Waals surface area (Å²) in [6, 6.07) is 1.87. The summed E-state index contributed by atoms with van der Waals surface area (Å²) in [5, 5.41) is 12.2. The first-order valence-electron chi connectivity index (χ1n) is 8.20. The third-order valence-corrected chi connectivity index (χ3v) is 3.40. The lowest BCUT2D eigenvalue weighted by Crippen LogP contribution is -2.45. The summed E-state index contributed by atoms with van der Waals surface area (Å²) in [4.78, 5) is 35.9. The van der Waals surface area contributed by atoms with E-state index >= 15 is 0 Å². The molecule has 0 saturated heterocycles. The summed E-state index contributed by atoms with van der Waals surface area (Å²) in [7, 11) is 1.04. The van der Waals surface area contributed by atoms with Crippen LogP contribution in [0.4, 0.5) is 13.2 Å². The van der Waals surface area contributed by atoms with Gasteiger partial charge in [-0.05, 0) is 38.5 Å². The third kappa shape index (κ3) is 7.18. The number of halogens is 3. The van der Waals surface area contributed by atoms with Crippen LogP contribution in [0.5, 0.6) is 0 Å². The number of amides is 1. The molecule has 0 spiro atoms. The van der Waals surface area contributed by atoms with Crippen molar-refractivity contribution in [2.24, 2.45) is 0 Å². The Morgan fingerprint density at radius 3 is 2.07 bits per heavy atom. The highest BCUT2D eigenvalue weighted by atomic mass is 19.4. The van der Waals surface area contributed by atoms with Gasteiger partial charge in [-0.25, -0.2) is 4.79 Å². The van der Waals surface area contributed by atoms with Crippen molar-refractivity contribution in [2.45, 2.75) is 51.1 Å². The van der Waals surface area contributed by atoms with Gasteiger partial charge in [0.05, 0.1) is 19.1 Å². The van der Waals surface area contributed by atoms with E-state index in [-0.39, 0.29) is 5.56 Å². The molecule has 0 aromatic heterocycles. The Kier molecular flexibility index (Phi) is 7.57. The summed E-state index contributed by atoms with van der Waals surface area (Å²) in [6.07, 6.45) is -6.96. The molecule has 0 aliphatic heterocycles. The van der Waals surface area contributed by atoms with Crippen LogP contribution in [-0.2, 0) is 30.0 Å². The second-order valence-electron chi connectivity index (χ2n) is 6.90. The molecule has 10 heteroatoms. The van der Waals surface area contributed by atoms with Crippen LogP contribution in [0.15, 0.2) is 24.3 Å². The summed E-state index contributed by atoms with van der Waals surface area (Å²) in [5.41, 5.74) is -1.88. The van der Waals surface area contributed by atoms with E-state index in [1.54, 1.807) is 20.8 Å². The van der Waals surface area contributed by atoms with Crippen LogP contribution in [0, 0.1) is 0 Å². The maximum absolute atomic E-state index is 12.6. The van der Waals surface area contributed by atoms with Crippen molar-refractivity contribution in [3.63, 3.8) is 0 Å². The van der Waals surface area contributed by atoms with Gasteiger partial charge in [0.15, 0.2) is 6.10 Å². The van der Waals surface area contributed by atoms with Crippen LogP contribution in [0.25, 0.3) is 0 Å². The van der Waals surface area contributed by atoms with Gasteiger partial charge < -0.3 is 19.9 Å². The molecule has 1 rings (SSSR count). The first kappa shape index (κ1) is 23.4. The monoisotopic (exact) mass is 405 g/mol. The van der Waals surface area contributed by atoms with Crippen LogP contribution in [0.1, 0.15) is 44.4 Å². The molecule has 28 heavy (non-hydrogen) atoms. The summed E-state index contributed by atoms with van der Waals surface area (Å²) < 4.78 is 47.3. The number of nitrogens with one attached hydrogen (secondary N) is 1. The number of aliphatic hydroxyl groups is 1. The largest absolute Gasteiger partial charge is 0.467 e. The number of rotatable bonds is 6. The number of hydrogen-bond acceptors (Lipinski definition) is 6. The highest BCUT2D eigenvalue weighted by Crippen LogP contribution is 2.30. The Balaban J connectivity index is 2.86. The van der Waals surface area contributed by atoms with Gasteiger partial charge in [0.25, 0.3) is 5.91 Å². The van der Waals surface area contributed by atoms with Gasteiger partial charge in [-0.2, -0.15) is 13.2 Å². The van der Waals surface area contributed by atoms with Crippen LogP contribution in [-0.4, -0.2) is 41.7 Å². The van der Waals surface area contributed by atoms with Crippen LogP contribution in [0.2, 0.25) is 0 Å². The van der Waals surface area contributed by atoms with Gasteiger partial charge in [0, 0.05) is 0 Å². The minimum Gasteiger partial charge on any atom is -0.467 e. The fourth-order valence-corrected chi connectivity index (χ4v) is 2.14. The molecular weight excluding hydrogens is 383 g/mol. The SMILES string of the molecule is COC(=O)[C@H](CC(=O)OC(C)(C)C)NC(=O)[C@H](O)c1ccc(C(F)(F)F)cc1. The molecule has 1 amide bonds. The number of carbonyl (C=O) groups excluding carboxylic acids is 3. The molecule has 0 unspecified atom stereocenters. The van der Waals surface area contributed by atoms with Gasteiger partial charge in [0.2, 0.25) is 0 Å². The maximum atomic E-state index is 12.6. The summed E-state index contributed by atoms with van der Waals surface area (Å²) in [5.74, 6) is -2.82. The van der Waals surface area contributed by atoms with Crippen molar-refractivity contribution in [3.8, 4) is 0 Å². The highest BCUT2D eigenvalue weighted by Gasteiger charge is 2.32. The number of alkyl halides is 3. The molecule has 1 aromatic carbocycles. The standard InChI is InChI=1S/C18H22F3NO6/c1-17(2,3)28-13(23)9-12(16(26)27-4)22-15(25)14(24)10-5-7-11(8-6-10)18(19,20)21/h5-8,12,14,24H,9H2,1-4H3,(H,22,25)/t12-,14+/m0/s1. The van der Waals surface area contributed by atoms with Crippen molar-refractivity contribution in [1.82, 2.24) is 5.32 Å². The predicted molar refractivity (Wildman–Crippen MR) is 90.8 cm³/mol. The average Bonchev–Trinajstić information content (AvgIpc) is 2.57. The number of carbonyl (C=O) groups is 3. The Labute approximate surface area is 159 Å². The van der Waals surface area contributed by atoms with Crippen LogP contribution in [0.3, 0.4) is 0 Å². The van der Waals surface area contributed by atoms with Crippen molar-refractivity contribution >= 4 is 17.8 Å². The van der Waals surface area contributed by atoms with Gasteiger partial charge in [0.1, 0.15) is 11.6 Å². The summed E-state index contributed by atoms with van der Waals surface area (Å²) in [6.45, 7) is 4.85. The number of esters is 2. The molecule has 156 valence electrons. The molecule has 0 fully saturated rings. The summed E-state index contributed by atoms with van der Waals surface area (Å²) >= 11 is 0. The lowest BCUT2D eigenvalue weighted by molar-refractivity contribution is -0.159. The number of aliphatic hydroxyl groups excluding tert-OH is 1. The first-order valence-corrected chi connectivity index (χ1v) is 8.20. The van der Waals surface area contributed by atoms with E-state index in [1.807, 2.05) is 0 Å². The zero-order valence-electron chi connectivity index (χ0n) is 15.8. The van der Waals surface area contributed by atoms with Crippen LogP contribution < -0.4 is 5.32 Å². The smallest absolute Gasteiger partial charge is 0.416 e. The van der Waals surface area contributed by atoms with Gasteiger partial charge in [-0.3, -0.25) is 9.59 Å². The fourth-order valence-electron chi connectivity index (χ4n) is 2.14. The Hall–Kier alpha value is -2.62. The molecule has 1 aromatic rings. The number of methoxy groups -OCH3 is 1. The Morgan fingerprint density at radius 1 is 1.11 bits per heavy atom. The third-order valence-electron chi connectivity index (χ3n) is 3.40. The van der Waals surface area contributed by atoms with E-state index in [0.29, 0.717) is 12.1 Å². The van der Waals surface area contributed by atoms with Crippen LogP contribution >= 0.6 is 0 Å². The number of hydrogen-bond donors (Lipinski definition) is 2. The lowest BCUT2D eigenvalue weighted by Gasteiger charge is -2.22. The average molecular weight is 405 g/mol. The zero-order chi connectivity index (χ0) is 21.7. The fraction of sp³-hybridized carbons (Fsp3) is 0.500. The van der Waals surface area contributed by atoms with E-state index in [0.717, 1.165) is 19.2 Å². The first-order chi connectivity index (χ1) is 12.7. The topological polar surface area (TPSA) is 102 Å². The zero-order valence-corrected chi connectivity index (χ0v) is 15.8. The highest BCUT2D eigenvalue weighted by molar-refractivity contribution is 5.90. The van der Waals surface area contributed by atoms with Crippen molar-refractivity contribution in [3.05, 3.63) is 35.4 Å². The van der Waals surface area contributed by atoms with Crippen molar-refractivity contribution < 1.29 is 42.1 Å². The Morgan fingerprint density at radius 2 is 1.64 bits per heavy atom. The quantitative estimate of drug-likeness (QED) is 0.703. The minimum atomic E-state index is -4.56. The van der Waals surface area contributed by atoms with Crippen molar-refractivity contribution in [2.75, 3.05) is 7.11 Å². The maximum Gasteiger partial charge on any atom is 0.416 e. The minimum absolute atomic E-state index is 0.119. The second kappa shape index (κ2) is 9.05. The van der Waals surface area contributed by atoms with E-state index in [9.17, 15) is 32.7 Å². The molecule has 0 heterocycles. The van der Waals surface area contributed by atoms with Gasteiger partial charge in [-0.15, -0.1) is 0 Å². The van der Waals surface area contributed by atoms with E-state index in [4.69, 9.17) is 4.74 Å². The molecule has 2 atom stereocenters. The number of ether oxygens (including phenoxy) is 2. The van der Waals surface area contributed by atoms with Gasteiger partial charge >= 0.3 is 18.1 Å². The molecule has 2 N–H and O–H groups in total. The molecular formula is C18H22F3NO6. The molecule has 0 aliphatic rings. The van der Waals surface area contributed by atoms with E-state index in [2.05, 4.69) is 10.1 Å². The normalized spacial score (nSPS) is 14.0. The molecule has 0 saturated carbocycles. The molecule has 0 aliphatic carbocycles. The number of benzene rings is 1. The van der Waals surface area contributed by atoms with E-state index < -0.39 is 53.8 Å². The lowest BCUT2D eigenvalue weighted by atomic mass is 10.1. The predicted octanol–water partition coefficient (Wildman–Crippen LogP) is 2.13. The second-order valence-corrected chi connectivity index (χ2v) is 6.90. The Bertz CT molecular complexity index is 710.